The van der Waals surface area contributed by atoms with Gasteiger partial charge < -0.3 is 21.3 Å². The number of halogens is 6. The first-order valence-electron chi connectivity index (χ1n) is 10.7. The minimum absolute atomic E-state index is 0.184. The van der Waals surface area contributed by atoms with Crippen LogP contribution in [0.3, 0.4) is 0 Å². The lowest BCUT2D eigenvalue weighted by atomic mass is 9.90. The molecule has 5 N–H and O–H groups in total. The van der Waals surface area contributed by atoms with Crippen LogP contribution < -0.4 is 21.3 Å². The van der Waals surface area contributed by atoms with Gasteiger partial charge in [0.25, 0.3) is 5.91 Å². The van der Waals surface area contributed by atoms with Gasteiger partial charge >= 0.3 is 12.4 Å². The van der Waals surface area contributed by atoms with Crippen LogP contribution in [0.15, 0.2) is 36.4 Å². The highest BCUT2D eigenvalue weighted by Gasteiger charge is 2.39. The van der Waals surface area contributed by atoms with Crippen molar-refractivity contribution in [3.8, 4) is 0 Å². The maximum Gasteiger partial charge on any atom is 0.433 e. The molecule has 0 unspecified atom stereocenters. The number of carbonyl (C=O) groups excluding carboxylic acids is 1. The van der Waals surface area contributed by atoms with Gasteiger partial charge in [-0.05, 0) is 62.1 Å². The van der Waals surface area contributed by atoms with Crippen molar-refractivity contribution in [2.75, 3.05) is 17.3 Å². The molecule has 1 aromatic heterocycles. The van der Waals surface area contributed by atoms with Gasteiger partial charge in [0, 0.05) is 36.1 Å². The minimum atomic E-state index is -5.01. The molecule has 1 fully saturated rings. The summed E-state index contributed by atoms with van der Waals surface area (Å²) in [6, 6.07) is 7.09. The lowest BCUT2D eigenvalue weighted by molar-refractivity contribution is -0.150. The van der Waals surface area contributed by atoms with Crippen molar-refractivity contribution in [1.82, 2.24) is 10.3 Å². The van der Waals surface area contributed by atoms with Crippen LogP contribution in [0.1, 0.15) is 47.4 Å². The number of guanidine groups is 1. The normalized spacial score (nSPS) is 18.6. The number of hydrogen-bond acceptors (Lipinski definition) is 4. The molecular weight excluding hydrogens is 478 g/mol. The Morgan fingerprint density at radius 2 is 1.51 bits per heavy atom. The zero-order valence-electron chi connectivity index (χ0n) is 18.6. The number of amides is 1. The second-order valence-electron chi connectivity index (χ2n) is 8.30. The Bertz CT molecular complexity index is 1030. The molecule has 0 radical (unpaired) electrons. The highest BCUT2D eigenvalue weighted by Crippen LogP contribution is 2.37. The van der Waals surface area contributed by atoms with Gasteiger partial charge in [-0.2, -0.15) is 26.3 Å². The average molecular weight is 502 g/mol. The summed E-state index contributed by atoms with van der Waals surface area (Å²) < 4.78 is 78.8. The molecule has 0 bridgehead atoms. The second kappa shape index (κ2) is 10.0. The molecule has 35 heavy (non-hydrogen) atoms. The predicted octanol–water partition coefficient (Wildman–Crippen LogP) is 4.60. The average Bonchev–Trinajstić information content (AvgIpc) is 2.77. The molecular formula is C22H24F6N6O. The largest absolute Gasteiger partial charge is 0.433 e. The van der Waals surface area contributed by atoms with Crippen LogP contribution in [0.4, 0.5) is 37.7 Å². The van der Waals surface area contributed by atoms with Crippen LogP contribution in [0, 0.1) is 5.41 Å². The molecule has 7 nitrogen and oxygen atoms in total. The van der Waals surface area contributed by atoms with Crippen molar-refractivity contribution in [2.24, 2.45) is 5.73 Å². The molecule has 1 aromatic carbocycles. The predicted molar refractivity (Wildman–Crippen MR) is 118 cm³/mol. The summed E-state index contributed by atoms with van der Waals surface area (Å²) in [5.41, 5.74) is 2.79. The van der Waals surface area contributed by atoms with E-state index >= 15 is 0 Å². The highest BCUT2D eigenvalue weighted by atomic mass is 19.4. The molecule has 0 aliphatic heterocycles. The molecule has 1 aliphatic carbocycles. The maximum absolute atomic E-state index is 13.1. The first-order chi connectivity index (χ1) is 16.2. The number of aromatic nitrogens is 1. The molecule has 3 rings (SSSR count). The fourth-order valence-electron chi connectivity index (χ4n) is 3.96. The van der Waals surface area contributed by atoms with E-state index in [9.17, 15) is 31.1 Å². The molecule has 0 spiro atoms. The summed E-state index contributed by atoms with van der Waals surface area (Å²) in [5.74, 6) is -0.546. The maximum atomic E-state index is 13.1. The van der Waals surface area contributed by atoms with Crippen LogP contribution in [-0.2, 0) is 12.4 Å². The molecule has 2 aromatic rings. The number of benzene rings is 1. The van der Waals surface area contributed by atoms with Gasteiger partial charge in [-0.3, -0.25) is 10.2 Å². The van der Waals surface area contributed by atoms with Crippen LogP contribution in [0.25, 0.3) is 0 Å². The van der Waals surface area contributed by atoms with E-state index in [4.69, 9.17) is 11.1 Å². The molecule has 13 heteroatoms. The minimum Gasteiger partial charge on any atom is -0.371 e. The Kier molecular flexibility index (Phi) is 7.46. The van der Waals surface area contributed by atoms with E-state index in [0.717, 1.165) is 0 Å². The second-order valence-corrected chi connectivity index (χ2v) is 8.30. The smallest absolute Gasteiger partial charge is 0.371 e. The third-order valence-corrected chi connectivity index (χ3v) is 5.80. The number of nitrogens with one attached hydrogen (secondary N) is 3. The Hall–Kier alpha value is -3.51. The fourth-order valence-corrected chi connectivity index (χ4v) is 3.96. The summed E-state index contributed by atoms with van der Waals surface area (Å²) in [7, 11) is 1.45. The zero-order valence-corrected chi connectivity index (χ0v) is 18.6. The highest BCUT2D eigenvalue weighted by molar-refractivity contribution is 5.95. The van der Waals surface area contributed by atoms with Gasteiger partial charge in [0.05, 0.1) is 0 Å². The summed E-state index contributed by atoms with van der Waals surface area (Å²) in [6.07, 6.45) is -8.08. The molecule has 1 aliphatic rings. The SMILES string of the molecule is CN(c1cc(C(F)(F)F)nc(C(F)(F)F)c1)[C@H]1CC[C@@H](NC(=O)c2ccc(NC(=N)N)cc2)CC1. The van der Waals surface area contributed by atoms with E-state index < -0.39 is 23.7 Å². The third-order valence-electron chi connectivity index (χ3n) is 5.80. The molecule has 1 heterocycles. The van der Waals surface area contributed by atoms with Gasteiger partial charge in [0.2, 0.25) is 0 Å². The summed E-state index contributed by atoms with van der Waals surface area (Å²) >= 11 is 0. The van der Waals surface area contributed by atoms with Crippen LogP contribution in [-0.4, -0.2) is 36.0 Å². The van der Waals surface area contributed by atoms with E-state index in [1.54, 1.807) is 24.3 Å². The van der Waals surface area contributed by atoms with Gasteiger partial charge in [-0.25, -0.2) is 4.98 Å². The van der Waals surface area contributed by atoms with Crippen molar-refractivity contribution in [3.05, 3.63) is 53.3 Å². The Morgan fingerprint density at radius 1 is 1.00 bits per heavy atom. The monoisotopic (exact) mass is 502 g/mol. The van der Waals surface area contributed by atoms with E-state index in [1.807, 2.05) is 0 Å². The number of rotatable bonds is 5. The van der Waals surface area contributed by atoms with Crippen LogP contribution >= 0.6 is 0 Å². The van der Waals surface area contributed by atoms with Crippen molar-refractivity contribution in [2.45, 2.75) is 50.1 Å². The van der Waals surface area contributed by atoms with E-state index in [-0.39, 0.29) is 29.6 Å². The molecule has 1 amide bonds. The number of nitrogens with zero attached hydrogens (tertiary/aromatic N) is 2. The van der Waals surface area contributed by atoms with E-state index in [0.29, 0.717) is 49.1 Å². The number of alkyl halides is 6. The third kappa shape index (κ3) is 6.76. The lowest BCUT2D eigenvalue weighted by Crippen LogP contribution is -2.43. The number of nitrogens with two attached hydrogens (primary N) is 1. The van der Waals surface area contributed by atoms with Gasteiger partial charge in [-0.1, -0.05) is 0 Å². The van der Waals surface area contributed by atoms with Crippen molar-refractivity contribution < 1.29 is 31.1 Å². The van der Waals surface area contributed by atoms with Crippen LogP contribution in [0.2, 0.25) is 0 Å². The van der Waals surface area contributed by atoms with Crippen molar-refractivity contribution in [1.29, 1.82) is 5.41 Å². The molecule has 190 valence electrons. The van der Waals surface area contributed by atoms with Crippen molar-refractivity contribution in [3.63, 3.8) is 0 Å². The number of carbonyl (C=O) groups is 1. The summed E-state index contributed by atoms with van der Waals surface area (Å²) in [6.45, 7) is 0. The van der Waals surface area contributed by atoms with Gasteiger partial charge in [0.15, 0.2) is 5.96 Å². The van der Waals surface area contributed by atoms with Crippen molar-refractivity contribution >= 4 is 23.2 Å². The standard InChI is InChI=1S/C22H24F6N6O/c1-34(16-10-17(21(23,24)25)33-18(11-16)22(26,27)28)15-8-6-13(7-9-15)31-19(35)12-2-4-14(5-3-12)32-20(29)30/h2-5,10-11,13,15H,6-9H2,1H3,(H,31,35)(H4,29,30,32)/t13-,15+. The number of pyridine rings is 1. The Labute approximate surface area is 197 Å². The Balaban J connectivity index is 1.63. The quantitative estimate of drug-likeness (QED) is 0.272. The first-order valence-corrected chi connectivity index (χ1v) is 10.7. The summed E-state index contributed by atoms with van der Waals surface area (Å²) in [5, 5.41) is 12.7. The van der Waals surface area contributed by atoms with E-state index in [2.05, 4.69) is 15.6 Å². The van der Waals surface area contributed by atoms with E-state index in [1.165, 1.54) is 11.9 Å². The number of hydrogen-bond donors (Lipinski definition) is 4. The van der Waals surface area contributed by atoms with Gasteiger partial charge in [0.1, 0.15) is 11.4 Å². The molecule has 0 saturated heterocycles. The molecule has 0 atom stereocenters. The fraction of sp³-hybridized carbons (Fsp3) is 0.409. The molecule has 1 saturated carbocycles. The Morgan fingerprint density at radius 3 is 1.97 bits per heavy atom. The summed E-state index contributed by atoms with van der Waals surface area (Å²) in [4.78, 5) is 16.7. The number of anilines is 2. The topological polar surface area (TPSA) is 107 Å². The lowest BCUT2D eigenvalue weighted by Gasteiger charge is -2.36. The first kappa shape index (κ1) is 26.1. The zero-order chi connectivity index (χ0) is 26.0. The van der Waals surface area contributed by atoms with Gasteiger partial charge in [-0.15, -0.1) is 0 Å². The van der Waals surface area contributed by atoms with Crippen LogP contribution in [0.5, 0.6) is 0 Å².